The van der Waals surface area contributed by atoms with Gasteiger partial charge >= 0.3 is 5.97 Å². The van der Waals surface area contributed by atoms with E-state index in [1.165, 1.54) is 13.8 Å². The van der Waals surface area contributed by atoms with Gasteiger partial charge in [-0.25, -0.2) is 0 Å². The van der Waals surface area contributed by atoms with Gasteiger partial charge in [0.25, 0.3) is 0 Å². The smallest absolute Gasteiger partial charge is 0.302 e. The molecule has 0 bridgehead atoms. The Balaban J connectivity index is 2.80. The molecule has 4 nitrogen and oxygen atoms in total. The molecular formula is C13H16BNO3. The first-order valence-corrected chi connectivity index (χ1v) is 5.69. The molecule has 2 radical (unpaired) electrons. The minimum Gasteiger partial charge on any atom is -0.464 e. The second-order valence-electron chi connectivity index (χ2n) is 4.05. The van der Waals surface area contributed by atoms with Crippen LogP contribution in [0, 0.1) is 6.92 Å². The third kappa shape index (κ3) is 3.91. The number of hydrogen-bond acceptors (Lipinski definition) is 3. The fourth-order valence-corrected chi connectivity index (χ4v) is 1.58. The van der Waals surface area contributed by atoms with Crippen molar-refractivity contribution in [2.45, 2.75) is 20.8 Å². The molecule has 0 aromatic heterocycles. The van der Waals surface area contributed by atoms with Crippen molar-refractivity contribution in [3.05, 3.63) is 23.8 Å². The van der Waals surface area contributed by atoms with Gasteiger partial charge in [0, 0.05) is 19.5 Å². The summed E-state index contributed by atoms with van der Waals surface area (Å²) in [6.45, 7) is 5.20. The van der Waals surface area contributed by atoms with Crippen molar-refractivity contribution in [1.29, 1.82) is 0 Å². The summed E-state index contributed by atoms with van der Waals surface area (Å²) >= 11 is 0. The van der Waals surface area contributed by atoms with Gasteiger partial charge in [-0.05, 0) is 19.1 Å². The topological polar surface area (TPSA) is 46.6 Å². The summed E-state index contributed by atoms with van der Waals surface area (Å²) in [7, 11) is 5.73. The standard InChI is InChI=1S/C13H16BNO3/c1-9-8-12(4-5-13(9)14)15(10(2)16)6-7-18-11(3)17/h4-5,8H,6-7H2,1-3H3. The predicted octanol–water partition coefficient (Wildman–Crippen LogP) is 0.705. The monoisotopic (exact) mass is 245 g/mol. The highest BCUT2D eigenvalue weighted by atomic mass is 16.5. The van der Waals surface area contributed by atoms with E-state index in [2.05, 4.69) is 0 Å². The zero-order valence-electron chi connectivity index (χ0n) is 10.9. The summed E-state index contributed by atoms with van der Waals surface area (Å²) in [5.41, 5.74) is 2.34. The zero-order valence-corrected chi connectivity index (χ0v) is 10.9. The van der Waals surface area contributed by atoms with Gasteiger partial charge in [-0.15, -0.1) is 0 Å². The van der Waals surface area contributed by atoms with E-state index in [1.807, 2.05) is 13.0 Å². The molecule has 0 unspecified atom stereocenters. The molecule has 0 saturated carbocycles. The number of anilines is 1. The van der Waals surface area contributed by atoms with Crippen LogP contribution in [0.4, 0.5) is 5.69 Å². The van der Waals surface area contributed by atoms with Crippen molar-refractivity contribution in [1.82, 2.24) is 0 Å². The van der Waals surface area contributed by atoms with Gasteiger partial charge in [-0.2, -0.15) is 0 Å². The van der Waals surface area contributed by atoms with Crippen LogP contribution in [0.1, 0.15) is 19.4 Å². The van der Waals surface area contributed by atoms with Gasteiger partial charge in [-0.1, -0.05) is 17.1 Å². The molecule has 0 atom stereocenters. The molecule has 0 spiro atoms. The fraction of sp³-hybridized carbons (Fsp3) is 0.385. The lowest BCUT2D eigenvalue weighted by atomic mass is 9.91. The summed E-state index contributed by atoms with van der Waals surface area (Å²) in [6, 6.07) is 5.37. The Morgan fingerprint density at radius 1 is 1.33 bits per heavy atom. The van der Waals surface area contributed by atoms with Crippen LogP contribution in [0.25, 0.3) is 0 Å². The fourth-order valence-electron chi connectivity index (χ4n) is 1.58. The second-order valence-corrected chi connectivity index (χ2v) is 4.05. The third-order valence-corrected chi connectivity index (χ3v) is 2.57. The molecule has 94 valence electrons. The summed E-state index contributed by atoms with van der Waals surface area (Å²) < 4.78 is 4.84. The van der Waals surface area contributed by atoms with Gasteiger partial charge in [0.05, 0.1) is 6.54 Å². The van der Waals surface area contributed by atoms with Crippen LogP contribution in [0.5, 0.6) is 0 Å². The number of ether oxygens (including phenoxy) is 1. The largest absolute Gasteiger partial charge is 0.464 e. The molecule has 1 amide bonds. The highest BCUT2D eigenvalue weighted by Crippen LogP contribution is 2.14. The minimum atomic E-state index is -0.355. The molecular weight excluding hydrogens is 229 g/mol. The number of nitrogens with zero attached hydrogens (tertiary/aromatic N) is 1. The third-order valence-electron chi connectivity index (χ3n) is 2.57. The second kappa shape index (κ2) is 6.24. The number of benzene rings is 1. The molecule has 5 heteroatoms. The van der Waals surface area contributed by atoms with Gasteiger partial charge < -0.3 is 9.64 Å². The van der Waals surface area contributed by atoms with E-state index in [0.717, 1.165) is 11.3 Å². The quantitative estimate of drug-likeness (QED) is 0.579. The number of hydrogen-bond donors (Lipinski definition) is 0. The highest BCUT2D eigenvalue weighted by Gasteiger charge is 2.12. The van der Waals surface area contributed by atoms with Crippen LogP contribution in [0.15, 0.2) is 18.2 Å². The molecule has 0 aliphatic rings. The van der Waals surface area contributed by atoms with Crippen LogP contribution >= 0.6 is 0 Å². The molecule has 0 saturated heterocycles. The molecule has 1 aromatic rings. The maximum atomic E-state index is 11.6. The maximum Gasteiger partial charge on any atom is 0.302 e. The average molecular weight is 245 g/mol. The van der Waals surface area contributed by atoms with Gasteiger partial charge in [0.15, 0.2) is 0 Å². The van der Waals surface area contributed by atoms with E-state index in [1.54, 1.807) is 17.0 Å². The molecule has 0 N–H and O–H groups in total. The lowest BCUT2D eigenvalue weighted by Gasteiger charge is -2.21. The Bertz CT molecular complexity index is 460. The lowest BCUT2D eigenvalue weighted by Crippen LogP contribution is -2.32. The number of esters is 1. The van der Waals surface area contributed by atoms with Gasteiger partial charge in [0.2, 0.25) is 5.91 Å². The first-order chi connectivity index (χ1) is 8.41. The van der Waals surface area contributed by atoms with E-state index in [9.17, 15) is 9.59 Å². The SMILES string of the molecule is [B]c1ccc(N(CCOC(C)=O)C(C)=O)cc1C. The average Bonchev–Trinajstić information content (AvgIpc) is 2.27. The van der Waals surface area contributed by atoms with Crippen molar-refractivity contribution in [2.75, 3.05) is 18.1 Å². The minimum absolute atomic E-state index is 0.105. The van der Waals surface area contributed by atoms with Gasteiger partial charge in [0.1, 0.15) is 14.5 Å². The molecule has 18 heavy (non-hydrogen) atoms. The van der Waals surface area contributed by atoms with Crippen molar-refractivity contribution >= 4 is 30.9 Å². The normalized spacial score (nSPS) is 9.94. The summed E-state index contributed by atoms with van der Waals surface area (Å²) in [4.78, 5) is 23.8. The van der Waals surface area contributed by atoms with E-state index >= 15 is 0 Å². The van der Waals surface area contributed by atoms with Crippen LogP contribution in [-0.2, 0) is 14.3 Å². The molecule has 0 aliphatic heterocycles. The van der Waals surface area contributed by atoms with Crippen LogP contribution in [0.3, 0.4) is 0 Å². The van der Waals surface area contributed by atoms with Crippen LogP contribution < -0.4 is 10.4 Å². The van der Waals surface area contributed by atoms with Crippen molar-refractivity contribution in [3.8, 4) is 0 Å². The lowest BCUT2D eigenvalue weighted by molar-refractivity contribution is -0.140. The maximum absolute atomic E-state index is 11.6. The molecule has 1 rings (SSSR count). The Kier molecular flexibility index (Phi) is 4.95. The summed E-state index contributed by atoms with van der Waals surface area (Å²) in [6.07, 6.45) is 0. The molecule has 1 aromatic carbocycles. The number of amides is 1. The van der Waals surface area contributed by atoms with E-state index in [-0.39, 0.29) is 18.5 Å². The highest BCUT2D eigenvalue weighted by molar-refractivity contribution is 6.33. The zero-order chi connectivity index (χ0) is 13.7. The van der Waals surface area contributed by atoms with Crippen molar-refractivity contribution < 1.29 is 14.3 Å². The Morgan fingerprint density at radius 2 is 2.00 bits per heavy atom. The van der Waals surface area contributed by atoms with E-state index < -0.39 is 0 Å². The number of carbonyl (C=O) groups excluding carboxylic acids is 2. The number of carbonyl (C=O) groups is 2. The van der Waals surface area contributed by atoms with Gasteiger partial charge in [-0.3, -0.25) is 9.59 Å². The Labute approximate surface area is 108 Å². The number of rotatable bonds is 4. The Morgan fingerprint density at radius 3 is 2.50 bits per heavy atom. The van der Waals surface area contributed by atoms with E-state index in [0.29, 0.717) is 12.0 Å². The summed E-state index contributed by atoms with van der Waals surface area (Å²) in [5, 5.41) is 0. The first-order valence-electron chi connectivity index (χ1n) is 5.69. The molecule has 0 fully saturated rings. The predicted molar refractivity (Wildman–Crippen MR) is 71.2 cm³/mol. The summed E-state index contributed by atoms with van der Waals surface area (Å²) in [5.74, 6) is -0.460. The molecule has 0 heterocycles. The number of aryl methyl sites for hydroxylation is 1. The van der Waals surface area contributed by atoms with Crippen molar-refractivity contribution in [3.63, 3.8) is 0 Å². The first kappa shape index (κ1) is 14.3. The van der Waals surface area contributed by atoms with Crippen molar-refractivity contribution in [2.24, 2.45) is 0 Å². The van der Waals surface area contributed by atoms with Crippen LogP contribution in [-0.4, -0.2) is 32.9 Å². The Hall–Kier alpha value is -1.78. The van der Waals surface area contributed by atoms with E-state index in [4.69, 9.17) is 12.6 Å². The van der Waals surface area contributed by atoms with Crippen LogP contribution in [0.2, 0.25) is 0 Å². The molecule has 0 aliphatic carbocycles.